The van der Waals surface area contributed by atoms with E-state index in [0.29, 0.717) is 22.6 Å². The molecule has 0 bridgehead atoms. The standard InChI is InChI=1S/C16H14INO3.C14H12INO2.C13H10INO3.C2H6.CH4/c1-10-3-8-15(21-11(2)19)14(9-10)16(20)18-13-6-4-12(17)5-7-13;1-9-2-7-13(17)12(8-9)14(18)16-11-5-3-10(15)4-6-11;14-8-1-3-9(4-2-8)15-13(18)11-7-10(16)5-6-12(11)17;1-2;/h3-9H,1-2H3,(H,18,20);2-8,17H,1H3,(H,16,18);1-7,16-17H,(H,15,18);1-2H3;1H4. The van der Waals surface area contributed by atoms with Gasteiger partial charge in [-0.15, -0.1) is 0 Å². The number of hydrogen-bond acceptors (Lipinski definition) is 8. The Hall–Kier alpha value is -5.21. The number of benzene rings is 6. The fourth-order valence-corrected chi connectivity index (χ4v) is 5.88. The summed E-state index contributed by atoms with van der Waals surface area (Å²) < 4.78 is 8.32. The largest absolute Gasteiger partial charge is 0.508 e. The normalized spacial score (nSPS) is 9.67. The SMILES string of the molecule is C.CC.CC(=O)Oc1ccc(C)cc1C(=O)Nc1ccc(I)cc1.Cc1ccc(O)c(C(=O)Nc2ccc(I)cc2)c1.O=C(Nc1ccc(I)cc1)c1cc(O)ccc1O. The molecular formula is C46H46I3N3O8. The molecule has 11 nitrogen and oxygen atoms in total. The Labute approximate surface area is 391 Å². The van der Waals surface area contributed by atoms with E-state index >= 15 is 0 Å². The third-order valence-corrected chi connectivity index (χ3v) is 9.72. The molecule has 0 radical (unpaired) electrons. The Morgan fingerprint density at radius 2 is 0.817 bits per heavy atom. The summed E-state index contributed by atoms with van der Waals surface area (Å²) in [4.78, 5) is 47.4. The third kappa shape index (κ3) is 16.8. The first-order valence-electron chi connectivity index (χ1n) is 17.9. The lowest BCUT2D eigenvalue weighted by Crippen LogP contribution is -2.15. The van der Waals surface area contributed by atoms with E-state index in [9.17, 15) is 34.5 Å². The molecule has 314 valence electrons. The molecule has 3 amide bonds. The average Bonchev–Trinajstić information content (AvgIpc) is 3.21. The maximum atomic E-state index is 12.3. The molecule has 6 N–H and O–H groups in total. The van der Waals surface area contributed by atoms with Crippen molar-refractivity contribution in [1.82, 2.24) is 0 Å². The Morgan fingerprint density at radius 1 is 0.483 bits per heavy atom. The number of halogens is 3. The molecule has 0 spiro atoms. The van der Waals surface area contributed by atoms with Gasteiger partial charge in [-0.25, -0.2) is 0 Å². The number of phenols is 3. The van der Waals surface area contributed by atoms with Gasteiger partial charge in [0.1, 0.15) is 23.0 Å². The van der Waals surface area contributed by atoms with E-state index in [-0.39, 0.29) is 53.4 Å². The number of amides is 3. The third-order valence-electron chi connectivity index (χ3n) is 7.56. The number of nitrogens with one attached hydrogen (secondary N) is 3. The van der Waals surface area contributed by atoms with Gasteiger partial charge in [0.15, 0.2) is 0 Å². The summed E-state index contributed by atoms with van der Waals surface area (Å²) in [5.74, 6) is -1.53. The summed E-state index contributed by atoms with van der Waals surface area (Å²) in [7, 11) is 0. The number of anilines is 3. The minimum Gasteiger partial charge on any atom is -0.508 e. The van der Waals surface area contributed by atoms with Gasteiger partial charge in [0.2, 0.25) is 0 Å². The minimum absolute atomic E-state index is 0. The van der Waals surface area contributed by atoms with E-state index in [2.05, 4.69) is 83.7 Å². The molecule has 0 saturated heterocycles. The van der Waals surface area contributed by atoms with Crippen LogP contribution in [0.15, 0.2) is 127 Å². The summed E-state index contributed by atoms with van der Waals surface area (Å²) in [6.45, 7) is 9.06. The lowest BCUT2D eigenvalue weighted by molar-refractivity contribution is -0.131. The van der Waals surface area contributed by atoms with Crippen LogP contribution in [0, 0.1) is 24.6 Å². The summed E-state index contributed by atoms with van der Waals surface area (Å²) in [6, 6.07) is 36.0. The number of aromatic hydroxyl groups is 3. The summed E-state index contributed by atoms with van der Waals surface area (Å²) in [6.07, 6.45) is 0. The fraction of sp³-hybridized carbons (Fsp3) is 0.130. The Balaban J connectivity index is 0.000000302. The van der Waals surface area contributed by atoms with Gasteiger partial charge in [-0.3, -0.25) is 19.2 Å². The highest BCUT2D eigenvalue weighted by molar-refractivity contribution is 14.1. The molecular weight excluding hydrogens is 1100 g/mol. The highest BCUT2D eigenvalue weighted by Crippen LogP contribution is 2.25. The first-order valence-corrected chi connectivity index (χ1v) is 21.1. The van der Waals surface area contributed by atoms with Gasteiger partial charge in [0.25, 0.3) is 17.7 Å². The predicted molar refractivity (Wildman–Crippen MR) is 265 cm³/mol. The lowest BCUT2D eigenvalue weighted by Gasteiger charge is -2.10. The van der Waals surface area contributed by atoms with Crippen molar-refractivity contribution in [3.8, 4) is 23.0 Å². The van der Waals surface area contributed by atoms with E-state index in [1.54, 1.807) is 42.5 Å². The molecule has 6 rings (SSSR count). The molecule has 0 atom stereocenters. The van der Waals surface area contributed by atoms with Crippen LogP contribution in [0.3, 0.4) is 0 Å². The smallest absolute Gasteiger partial charge is 0.308 e. The Bertz CT molecular complexity index is 2270. The number of ether oxygens (including phenoxy) is 1. The zero-order valence-electron chi connectivity index (χ0n) is 32.6. The highest BCUT2D eigenvalue weighted by Gasteiger charge is 2.16. The van der Waals surface area contributed by atoms with E-state index in [4.69, 9.17) is 4.74 Å². The molecule has 0 saturated carbocycles. The topological polar surface area (TPSA) is 174 Å². The molecule has 0 aliphatic heterocycles. The molecule has 60 heavy (non-hydrogen) atoms. The maximum Gasteiger partial charge on any atom is 0.308 e. The van der Waals surface area contributed by atoms with Crippen molar-refractivity contribution in [2.24, 2.45) is 0 Å². The number of hydrogen-bond donors (Lipinski definition) is 6. The van der Waals surface area contributed by atoms with E-state index in [1.165, 1.54) is 31.2 Å². The van der Waals surface area contributed by atoms with Gasteiger partial charge in [0, 0.05) is 34.7 Å². The van der Waals surface area contributed by atoms with Crippen LogP contribution in [-0.4, -0.2) is 39.0 Å². The van der Waals surface area contributed by atoms with Crippen molar-refractivity contribution in [2.45, 2.75) is 42.0 Å². The first-order chi connectivity index (χ1) is 28.1. The second-order valence-electron chi connectivity index (χ2n) is 12.2. The summed E-state index contributed by atoms with van der Waals surface area (Å²) >= 11 is 6.56. The first kappa shape index (κ1) is 50.9. The van der Waals surface area contributed by atoms with Crippen LogP contribution in [0.1, 0.15) is 70.4 Å². The van der Waals surface area contributed by atoms with Gasteiger partial charge in [-0.05, 0) is 197 Å². The van der Waals surface area contributed by atoms with E-state index in [0.717, 1.165) is 21.8 Å². The van der Waals surface area contributed by atoms with Crippen LogP contribution >= 0.6 is 67.8 Å². The zero-order valence-corrected chi connectivity index (χ0v) is 39.1. The van der Waals surface area contributed by atoms with Crippen molar-refractivity contribution >= 4 is 109 Å². The van der Waals surface area contributed by atoms with Crippen LogP contribution in [0.25, 0.3) is 0 Å². The summed E-state index contributed by atoms with van der Waals surface area (Å²) in [5, 5.41) is 36.7. The molecule has 6 aromatic carbocycles. The predicted octanol–water partition coefficient (Wildman–Crippen LogP) is 12.0. The van der Waals surface area contributed by atoms with Crippen molar-refractivity contribution in [3.63, 3.8) is 0 Å². The van der Waals surface area contributed by atoms with Gasteiger partial charge >= 0.3 is 5.97 Å². The zero-order chi connectivity index (χ0) is 43.6. The van der Waals surface area contributed by atoms with Crippen LogP contribution in [0.5, 0.6) is 23.0 Å². The molecule has 0 aliphatic carbocycles. The second kappa shape index (κ2) is 25.4. The number of esters is 1. The number of rotatable bonds is 7. The summed E-state index contributed by atoms with van der Waals surface area (Å²) in [5.41, 5.74) is 4.53. The number of carbonyl (C=O) groups is 4. The highest BCUT2D eigenvalue weighted by atomic mass is 127. The molecule has 0 unspecified atom stereocenters. The van der Waals surface area contributed by atoms with Crippen LogP contribution in [-0.2, 0) is 4.79 Å². The molecule has 14 heteroatoms. The number of aryl methyl sites for hydroxylation is 2. The van der Waals surface area contributed by atoms with Crippen LogP contribution in [0.4, 0.5) is 17.1 Å². The van der Waals surface area contributed by atoms with Gasteiger partial charge in [-0.2, -0.15) is 0 Å². The lowest BCUT2D eigenvalue weighted by atomic mass is 10.1. The van der Waals surface area contributed by atoms with Gasteiger partial charge in [0.05, 0.1) is 16.7 Å². The van der Waals surface area contributed by atoms with Gasteiger partial charge in [-0.1, -0.05) is 44.5 Å². The number of carbonyl (C=O) groups excluding carboxylic acids is 4. The van der Waals surface area contributed by atoms with E-state index in [1.807, 2.05) is 88.4 Å². The van der Waals surface area contributed by atoms with Crippen molar-refractivity contribution < 1.29 is 39.2 Å². The minimum atomic E-state index is -0.468. The van der Waals surface area contributed by atoms with Crippen molar-refractivity contribution in [3.05, 3.63) is 166 Å². The Kier molecular flexibility index (Phi) is 21.6. The average molecular weight is 1150 g/mol. The molecule has 0 fully saturated rings. The van der Waals surface area contributed by atoms with Gasteiger partial charge < -0.3 is 36.0 Å². The maximum absolute atomic E-state index is 12.3. The fourth-order valence-electron chi connectivity index (χ4n) is 4.80. The molecule has 0 aliphatic rings. The molecule has 0 aromatic heterocycles. The monoisotopic (exact) mass is 1150 g/mol. The van der Waals surface area contributed by atoms with Crippen molar-refractivity contribution in [2.75, 3.05) is 16.0 Å². The number of phenolic OH excluding ortho intramolecular Hbond substituents is 3. The Morgan fingerprint density at radius 3 is 1.22 bits per heavy atom. The molecule has 0 heterocycles. The quantitative estimate of drug-likeness (QED) is 0.0396. The van der Waals surface area contributed by atoms with Crippen LogP contribution in [0.2, 0.25) is 0 Å². The second-order valence-corrected chi connectivity index (χ2v) is 15.9. The van der Waals surface area contributed by atoms with E-state index < -0.39 is 11.9 Å². The van der Waals surface area contributed by atoms with Crippen LogP contribution < -0.4 is 20.7 Å². The molecule has 6 aromatic rings. The van der Waals surface area contributed by atoms with Crippen molar-refractivity contribution in [1.29, 1.82) is 0 Å².